The highest BCUT2D eigenvalue weighted by Crippen LogP contribution is 2.58. The summed E-state index contributed by atoms with van der Waals surface area (Å²) in [7, 11) is 1.86. The van der Waals surface area contributed by atoms with E-state index >= 15 is 0 Å². The van der Waals surface area contributed by atoms with Gasteiger partial charge < -0.3 is 57.4 Å². The molecule has 28 nitrogen and oxygen atoms in total. The van der Waals surface area contributed by atoms with Crippen molar-refractivity contribution < 1.29 is 32.2 Å². The lowest BCUT2D eigenvalue weighted by Crippen LogP contribution is -2.31. The zero-order valence-corrected chi connectivity index (χ0v) is 84.0. The third-order valence-corrected chi connectivity index (χ3v) is 30.4. The van der Waals surface area contributed by atoms with E-state index in [2.05, 4.69) is 181 Å². The molecule has 8 aliphatic rings. The first-order valence-corrected chi connectivity index (χ1v) is 50.2. The van der Waals surface area contributed by atoms with Gasteiger partial charge in [-0.3, -0.25) is 9.59 Å². The molecule has 0 atom stereocenters. The zero-order chi connectivity index (χ0) is 98.5. The number of nitrogens with zero attached hydrogens (tertiary/aromatic N) is 15. The number of benzene rings is 7. The maximum absolute atomic E-state index is 12.8. The standard InChI is InChI=1S/C26H23N3O2.C25H24N4O2.C22H23N5O.C21H21N5O.C21H22N4O/c1-13-23(14(2)31-29-13)17-10-18(24-21(11-17)27-25(28-24)15-3-4-15)16-5-6-20-19(9-16)22(30)12-26(20)7-8-26;1-13-23(14(2)31-28-13)16-11-19(24-20(12-16)26-25(27-24)15-7-8-15)17-5-4-6-21-18(17)9-10-22(30)29(21)3;1-10-19(11(2)24-14(5)23-10)17-8-16(20-12(3)27-28-13(20)4)9-18-21(17)26-22(25-18)15-6-7-15;1-10-17(9-22-13(4)23-10)16-7-15(19-11(2)26-27-12(19)3)8-18-20(16)25-21(24-18)14-5-6-14;1-10-9-22-11(2)18(10)16-7-15(19-12(3)25-26-13(19)4)8-17-20(16)24-21(23-17)14-5-6-14/h5-6,9-11,15H,3-4,7-8,12H2,1-2H3,(H,27,28);4-6,11-12,15H,7-10H2,1-3H3,(H,26,27);8-9,15H,6-7H2,1-5H3,(H,25,26);7-9,14H,5-6H2,1-4H3,(H,24,25);7-9,14,22H,5-6H2,1-4H3,(H,23,24). The number of imidazole rings is 5. The van der Waals surface area contributed by atoms with E-state index in [1.807, 2.05) is 129 Å². The lowest BCUT2D eigenvalue weighted by Gasteiger charge is -2.27. The van der Waals surface area contributed by atoms with Gasteiger partial charge in [-0.1, -0.05) is 50.0 Å². The fraction of sp³-hybridized carbons (Fsp3) is 0.339. The number of hydrogen-bond acceptors (Lipinski definition) is 21. The van der Waals surface area contributed by atoms with Crippen LogP contribution in [0.15, 0.2) is 132 Å². The number of fused-ring (bicyclic) bond motifs is 8. The third-order valence-electron chi connectivity index (χ3n) is 30.4. The van der Waals surface area contributed by atoms with Gasteiger partial charge in [-0.2, -0.15) is 0 Å². The van der Waals surface area contributed by atoms with Gasteiger partial charge in [-0.15, -0.1) is 0 Å². The lowest BCUT2D eigenvalue weighted by atomic mass is 9.89. The summed E-state index contributed by atoms with van der Waals surface area (Å²) < 4.78 is 27.1. The number of anilines is 1. The fourth-order valence-corrected chi connectivity index (χ4v) is 22.3. The highest BCUT2D eigenvalue weighted by atomic mass is 16.5. The van der Waals surface area contributed by atoms with Crippen molar-refractivity contribution >= 4 is 72.5 Å². The van der Waals surface area contributed by atoms with Gasteiger partial charge in [0.05, 0.1) is 83.6 Å². The SMILES string of the molecule is Cc1c[nH]c(C)c1-c1cc(-c2c(C)noc2C)cc2[nH]c(C3CC3)nc12.Cc1nc(C)c(-c2cc(-c3c(C)noc3C)cc3[nH]c(C4CC4)nc23)c(C)n1.Cc1ncc(-c2cc(-c3c(C)noc3C)cc3[nH]c(C4CC4)nc23)c(C)n1.Cc1noc(C)c1-c1cc(-c2ccc3c(c2)C(=O)CC32CC2)c2nc(C3CC3)[nH]c2c1.Cc1noc(C)c1-c1cc(-c2cccc3c2CCC(=O)N3C)c2nc(C3CC3)[nH]c2c1. The average molecular weight is 1900 g/mol. The Balaban J connectivity index is 0.0000000965. The highest BCUT2D eigenvalue weighted by molar-refractivity contribution is 6.07. The van der Waals surface area contributed by atoms with Crippen LogP contribution >= 0.6 is 0 Å². The number of hydrogen-bond donors (Lipinski definition) is 6. The van der Waals surface area contributed by atoms with Gasteiger partial charge in [0.2, 0.25) is 5.91 Å². The van der Waals surface area contributed by atoms with E-state index < -0.39 is 0 Å². The lowest BCUT2D eigenvalue weighted by molar-refractivity contribution is -0.118. The smallest absolute Gasteiger partial charge is 0.227 e. The first-order valence-electron chi connectivity index (χ1n) is 50.2. The van der Waals surface area contributed by atoms with Crippen molar-refractivity contribution in [3.8, 4) is 111 Å². The normalized spacial score (nSPS) is 15.7. The summed E-state index contributed by atoms with van der Waals surface area (Å²) in [6, 6.07) is 34.4. The molecule has 6 saturated carbocycles. The fourth-order valence-electron chi connectivity index (χ4n) is 22.3. The van der Waals surface area contributed by atoms with E-state index in [0.717, 1.165) is 312 Å². The monoisotopic (exact) mass is 1900 g/mol. The van der Waals surface area contributed by atoms with E-state index in [9.17, 15) is 9.59 Å². The zero-order valence-electron chi connectivity index (χ0n) is 84.0. The second kappa shape index (κ2) is 34.5. The quantitative estimate of drug-likeness (QED) is 0.0555. The molecule has 1 spiro atoms. The molecule has 14 heterocycles. The van der Waals surface area contributed by atoms with Crippen molar-refractivity contribution in [1.82, 2.24) is 101 Å². The second-order valence-electron chi connectivity index (χ2n) is 41.2. The van der Waals surface area contributed by atoms with E-state index in [-0.39, 0.29) is 17.1 Å². The summed E-state index contributed by atoms with van der Waals surface area (Å²) in [5, 5.41) is 20.7. The molecule has 28 rings (SSSR count). The van der Waals surface area contributed by atoms with Gasteiger partial charge in [0, 0.05) is 174 Å². The Bertz CT molecular complexity index is 8490. The Hall–Kier alpha value is -15.5. The number of aromatic nitrogens is 20. The molecule has 0 saturated heterocycles. The molecular weight excluding hydrogens is 1790 g/mol. The summed E-state index contributed by atoms with van der Waals surface area (Å²) in [6.45, 7) is 33.9. The van der Waals surface area contributed by atoms with Crippen molar-refractivity contribution in [1.29, 1.82) is 0 Å². The molecule has 0 unspecified atom stereocenters. The number of aryl methyl sites for hydroxylation is 17. The molecule has 7 aliphatic carbocycles. The number of ketones is 1. The summed E-state index contributed by atoms with van der Waals surface area (Å²) >= 11 is 0. The molecule has 20 aromatic rings. The van der Waals surface area contributed by atoms with Gasteiger partial charge in [-0.05, 0) is 330 Å². The van der Waals surface area contributed by atoms with Crippen LogP contribution in [-0.2, 0) is 16.6 Å². The van der Waals surface area contributed by atoms with Crippen molar-refractivity contribution in [2.45, 2.75) is 249 Å². The first-order chi connectivity index (χ1) is 69.0. The number of carbonyl (C=O) groups excluding carboxylic acids is 2. The summed E-state index contributed by atoms with van der Waals surface area (Å²) in [4.78, 5) is 91.1. The van der Waals surface area contributed by atoms with E-state index in [4.69, 9.17) is 47.5 Å². The molecule has 6 fully saturated rings. The Morgan fingerprint density at radius 2 is 0.692 bits per heavy atom. The topological polar surface area (TPSA) is 378 Å². The number of amides is 1. The Morgan fingerprint density at radius 3 is 1.06 bits per heavy atom. The molecule has 13 aromatic heterocycles. The van der Waals surface area contributed by atoms with Crippen molar-refractivity contribution in [3.63, 3.8) is 0 Å². The van der Waals surface area contributed by atoms with Crippen LogP contribution in [0.25, 0.3) is 166 Å². The summed E-state index contributed by atoms with van der Waals surface area (Å²) in [5.74, 6) is 14.3. The molecule has 1 aliphatic heterocycles. The molecule has 7 aromatic carbocycles. The minimum absolute atomic E-state index is 0.143. The maximum atomic E-state index is 12.8. The largest absolute Gasteiger partial charge is 0.364 e. The molecule has 720 valence electrons. The number of rotatable bonds is 15. The van der Waals surface area contributed by atoms with Gasteiger partial charge in [-0.25, -0.2) is 44.9 Å². The van der Waals surface area contributed by atoms with Crippen molar-refractivity contribution in [2.75, 3.05) is 11.9 Å². The Morgan fingerprint density at radius 1 is 0.336 bits per heavy atom. The van der Waals surface area contributed by atoms with Crippen molar-refractivity contribution in [3.05, 3.63) is 253 Å². The molecule has 1 amide bonds. The number of nitrogens with one attached hydrogen (secondary N) is 6. The minimum atomic E-state index is 0.143. The van der Waals surface area contributed by atoms with Crippen molar-refractivity contribution in [2.24, 2.45) is 0 Å². The molecule has 143 heavy (non-hydrogen) atoms. The average Bonchev–Trinajstić information content (AvgIpc) is 1.56. The van der Waals surface area contributed by atoms with Crippen LogP contribution < -0.4 is 4.90 Å². The number of aromatic amines is 6. The number of Topliss-reactive ketones (excluding diaryl/α,β-unsaturated/α-hetero) is 1. The van der Waals surface area contributed by atoms with Crippen LogP contribution in [0.4, 0.5) is 5.69 Å². The first kappa shape index (κ1) is 90.1. The van der Waals surface area contributed by atoms with E-state index in [1.165, 1.54) is 86.5 Å². The van der Waals surface area contributed by atoms with E-state index in [1.54, 1.807) is 4.90 Å². The molecule has 6 N–H and O–H groups in total. The molecule has 28 heteroatoms. The van der Waals surface area contributed by atoms with Crippen LogP contribution in [0.5, 0.6) is 0 Å². The number of H-pyrrole nitrogens is 6. The number of carbonyl (C=O) groups is 2. The Labute approximate surface area is 825 Å². The predicted octanol–water partition coefficient (Wildman–Crippen LogP) is 26.5. The minimum Gasteiger partial charge on any atom is -0.364 e. The van der Waals surface area contributed by atoms with Crippen LogP contribution in [0.2, 0.25) is 0 Å². The van der Waals surface area contributed by atoms with Crippen LogP contribution in [0.3, 0.4) is 0 Å². The maximum Gasteiger partial charge on any atom is 0.227 e. The van der Waals surface area contributed by atoms with Gasteiger partial charge in [0.25, 0.3) is 0 Å². The van der Waals surface area contributed by atoms with Gasteiger partial charge in [0.1, 0.15) is 69.6 Å². The predicted molar refractivity (Wildman–Crippen MR) is 553 cm³/mol. The van der Waals surface area contributed by atoms with E-state index in [0.29, 0.717) is 42.4 Å². The second-order valence-corrected chi connectivity index (χ2v) is 41.2. The van der Waals surface area contributed by atoms with Crippen LogP contribution in [0, 0.1) is 118 Å². The van der Waals surface area contributed by atoms with Crippen LogP contribution in [-0.4, -0.2) is 119 Å². The summed E-state index contributed by atoms with van der Waals surface area (Å²) in [5.41, 5.74) is 45.9. The summed E-state index contributed by atoms with van der Waals surface area (Å²) in [6.07, 6.45) is 20.3. The Kier molecular flexibility index (Phi) is 21.7. The molecule has 0 radical (unpaired) electrons. The molecule has 0 bridgehead atoms. The third kappa shape index (κ3) is 16.3. The van der Waals surface area contributed by atoms with Crippen LogP contribution in [0.1, 0.15) is 267 Å². The van der Waals surface area contributed by atoms with Gasteiger partial charge >= 0.3 is 0 Å². The highest BCUT2D eigenvalue weighted by Gasteiger charge is 2.52. The molecular formula is C115H113N21O7. The van der Waals surface area contributed by atoms with Gasteiger partial charge in [0.15, 0.2) is 5.78 Å².